The number of nitrogens with zero attached hydrogens (tertiary/aromatic N) is 4. The van der Waals surface area contributed by atoms with Crippen LogP contribution in [0.2, 0.25) is 0 Å². The molecular weight excluding hydrogens is 534 g/mol. The molecule has 3 aliphatic rings. The lowest BCUT2D eigenvalue weighted by molar-refractivity contribution is -0.159. The van der Waals surface area contributed by atoms with Gasteiger partial charge in [-0.05, 0) is 36.8 Å². The minimum atomic E-state index is -0.530. The van der Waals surface area contributed by atoms with Crippen LogP contribution in [0.4, 0.5) is 10.7 Å². The molecule has 1 N–H and O–H groups in total. The third kappa shape index (κ3) is 6.05. The van der Waals surface area contributed by atoms with Crippen molar-refractivity contribution in [2.24, 2.45) is 0 Å². The van der Waals surface area contributed by atoms with Crippen molar-refractivity contribution in [3.05, 3.63) is 70.3 Å². The molecule has 2 fully saturated rings. The smallest absolute Gasteiger partial charge is 0.410 e. The Morgan fingerprint density at radius 3 is 2.67 bits per heavy atom. The van der Waals surface area contributed by atoms with E-state index in [-0.39, 0.29) is 24.3 Å². The fourth-order valence-electron chi connectivity index (χ4n) is 6.06. The molecule has 0 saturated carbocycles. The predicted molar refractivity (Wildman–Crippen MR) is 160 cm³/mol. The molecule has 1 amide bonds. The lowest BCUT2D eigenvalue weighted by Crippen LogP contribution is -2.41. The van der Waals surface area contributed by atoms with Gasteiger partial charge in [0.05, 0.1) is 24.1 Å². The van der Waals surface area contributed by atoms with Gasteiger partial charge in [-0.2, -0.15) is 0 Å². The highest BCUT2D eigenvalue weighted by molar-refractivity contribution is 5.90. The van der Waals surface area contributed by atoms with E-state index in [9.17, 15) is 9.59 Å². The Morgan fingerprint density at radius 1 is 1.17 bits per heavy atom. The summed E-state index contributed by atoms with van der Waals surface area (Å²) >= 11 is 0. The van der Waals surface area contributed by atoms with Gasteiger partial charge < -0.3 is 29.0 Å². The van der Waals surface area contributed by atoms with Crippen LogP contribution in [0, 0.1) is 0 Å². The first-order valence-corrected chi connectivity index (χ1v) is 15.1. The second kappa shape index (κ2) is 12.6. The molecule has 4 heterocycles. The summed E-state index contributed by atoms with van der Waals surface area (Å²) < 4.78 is 19.3. The molecule has 0 unspecified atom stereocenters. The van der Waals surface area contributed by atoms with Gasteiger partial charge in [-0.15, -0.1) is 0 Å². The number of carbonyl (C=O) groups excluding carboxylic acids is 1. The second-order valence-electron chi connectivity index (χ2n) is 11.3. The number of benzene rings is 1. The number of pyridine rings is 1. The lowest BCUT2D eigenvalue weighted by atomic mass is 9.89. The number of ether oxygens (including phenoxy) is 3. The molecule has 1 aliphatic carbocycles. The molecule has 0 atom stereocenters. The van der Waals surface area contributed by atoms with E-state index in [1.54, 1.807) is 11.1 Å². The Kier molecular flexibility index (Phi) is 8.53. The summed E-state index contributed by atoms with van der Waals surface area (Å²) in [6, 6.07) is 9.62. The minimum Gasteiger partial charge on any atom is -0.445 e. The third-order valence-corrected chi connectivity index (χ3v) is 8.51. The van der Waals surface area contributed by atoms with Crippen molar-refractivity contribution in [3.8, 4) is 0 Å². The average Bonchev–Trinajstić information content (AvgIpc) is 3.49. The molecular formula is C32H39N5O5. The zero-order valence-electron chi connectivity index (χ0n) is 24.2. The normalized spacial score (nSPS) is 18.8. The monoisotopic (exact) mass is 573 g/mol. The maximum atomic E-state index is 13.8. The van der Waals surface area contributed by atoms with Crippen LogP contribution in [-0.2, 0) is 20.8 Å². The van der Waals surface area contributed by atoms with Crippen LogP contribution in [0.3, 0.4) is 0 Å². The largest absolute Gasteiger partial charge is 0.445 e. The first-order chi connectivity index (χ1) is 20.5. The van der Waals surface area contributed by atoms with Gasteiger partial charge in [0, 0.05) is 56.5 Å². The summed E-state index contributed by atoms with van der Waals surface area (Å²) in [4.78, 5) is 37.6. The molecule has 1 aromatic carbocycles. The fourth-order valence-corrected chi connectivity index (χ4v) is 6.06. The first-order valence-electron chi connectivity index (χ1n) is 15.1. The van der Waals surface area contributed by atoms with Crippen molar-refractivity contribution in [2.75, 3.05) is 38.2 Å². The summed E-state index contributed by atoms with van der Waals surface area (Å²) in [6.07, 6.45) is 11.1. The maximum Gasteiger partial charge on any atom is 0.410 e. The average molecular weight is 574 g/mol. The molecule has 10 nitrogen and oxygen atoms in total. The number of nitrogens with one attached hydrogen (secondary N) is 1. The summed E-state index contributed by atoms with van der Waals surface area (Å²) in [7, 11) is 0. The summed E-state index contributed by atoms with van der Waals surface area (Å²) in [5, 5.41) is 3.81. The Bertz CT molecular complexity index is 1490. The van der Waals surface area contributed by atoms with E-state index in [1.165, 1.54) is 0 Å². The van der Waals surface area contributed by atoms with Gasteiger partial charge in [-0.25, -0.2) is 14.8 Å². The highest BCUT2D eigenvalue weighted by atomic mass is 16.7. The Morgan fingerprint density at radius 2 is 1.95 bits per heavy atom. The van der Waals surface area contributed by atoms with Crippen LogP contribution in [-0.4, -0.2) is 64.2 Å². The Hall–Kier alpha value is -3.76. The number of hydrogen-bond acceptors (Lipinski definition) is 8. The van der Waals surface area contributed by atoms with Crippen molar-refractivity contribution in [1.29, 1.82) is 0 Å². The number of amides is 1. The van der Waals surface area contributed by atoms with Crippen molar-refractivity contribution in [1.82, 2.24) is 19.4 Å². The molecule has 222 valence electrons. The lowest BCUT2D eigenvalue weighted by Gasteiger charge is -2.33. The Balaban J connectivity index is 1.24. The van der Waals surface area contributed by atoms with Crippen LogP contribution in [0.1, 0.15) is 69.0 Å². The van der Waals surface area contributed by atoms with Crippen LogP contribution >= 0.6 is 0 Å². The van der Waals surface area contributed by atoms with Gasteiger partial charge in [0.2, 0.25) is 5.95 Å². The number of piperidine rings is 1. The molecule has 0 bridgehead atoms. The van der Waals surface area contributed by atoms with Crippen LogP contribution in [0.15, 0.2) is 53.6 Å². The minimum absolute atomic E-state index is 0.0433. The molecule has 0 radical (unpaired) electrons. The number of unbranched alkanes of at least 4 members (excludes halogenated alkanes) is 1. The van der Waals surface area contributed by atoms with E-state index < -0.39 is 5.79 Å². The van der Waals surface area contributed by atoms with Crippen LogP contribution < -0.4 is 10.9 Å². The van der Waals surface area contributed by atoms with E-state index in [0.29, 0.717) is 62.4 Å². The number of carbonyl (C=O) groups is 1. The zero-order chi connectivity index (χ0) is 28.9. The van der Waals surface area contributed by atoms with E-state index in [4.69, 9.17) is 19.2 Å². The predicted octanol–water partition coefficient (Wildman–Crippen LogP) is 5.29. The number of allylic oxidation sites excluding steroid dienone is 1. The molecule has 2 saturated heterocycles. The van der Waals surface area contributed by atoms with Crippen molar-refractivity contribution in [3.63, 3.8) is 0 Å². The fraction of sp³-hybridized carbons (Fsp3) is 0.500. The number of aromatic nitrogens is 3. The van der Waals surface area contributed by atoms with Gasteiger partial charge in [0.15, 0.2) is 5.79 Å². The quantitative estimate of drug-likeness (QED) is 0.363. The molecule has 42 heavy (non-hydrogen) atoms. The van der Waals surface area contributed by atoms with Crippen LogP contribution in [0.5, 0.6) is 0 Å². The number of anilines is 1. The topological polar surface area (TPSA) is 108 Å². The van der Waals surface area contributed by atoms with Gasteiger partial charge in [0.25, 0.3) is 5.56 Å². The van der Waals surface area contributed by atoms with Crippen molar-refractivity contribution >= 4 is 28.5 Å². The van der Waals surface area contributed by atoms with Gasteiger partial charge in [-0.3, -0.25) is 4.79 Å². The standard InChI is InChI=1S/C32H39N5O5/c1-2-3-15-33-30-34-20-26-28(35-30)27(24-9-13-32(14-10-24)41-18-19-42-32)21-37(29(26)38)25-11-16-36(17-12-25)31(39)40-22-23-7-5-4-6-8-23/h4-9,20-21,25H,2-3,10-19,22H2,1H3,(H,33,34,35). The molecule has 3 aromatic rings. The van der Waals surface area contributed by atoms with Gasteiger partial charge in [-0.1, -0.05) is 49.8 Å². The summed E-state index contributed by atoms with van der Waals surface area (Å²) in [6.45, 7) is 5.45. The molecule has 2 aliphatic heterocycles. The van der Waals surface area contributed by atoms with E-state index in [1.807, 2.05) is 41.1 Å². The van der Waals surface area contributed by atoms with E-state index in [0.717, 1.165) is 48.9 Å². The first kappa shape index (κ1) is 28.4. The van der Waals surface area contributed by atoms with Crippen LogP contribution in [0.25, 0.3) is 16.5 Å². The molecule has 6 rings (SSSR count). The maximum absolute atomic E-state index is 13.8. The third-order valence-electron chi connectivity index (χ3n) is 8.51. The number of fused-ring (bicyclic) bond motifs is 1. The van der Waals surface area contributed by atoms with E-state index >= 15 is 0 Å². The highest BCUT2D eigenvalue weighted by Crippen LogP contribution is 2.39. The summed E-state index contributed by atoms with van der Waals surface area (Å²) in [5.74, 6) is 0.00406. The number of hydrogen-bond donors (Lipinski definition) is 1. The van der Waals surface area contributed by atoms with Gasteiger partial charge in [0.1, 0.15) is 6.61 Å². The van der Waals surface area contributed by atoms with Crippen molar-refractivity contribution < 1.29 is 19.0 Å². The van der Waals surface area contributed by atoms with Gasteiger partial charge >= 0.3 is 6.09 Å². The van der Waals surface area contributed by atoms with Crippen molar-refractivity contribution in [2.45, 2.75) is 70.3 Å². The number of rotatable bonds is 8. The number of likely N-dealkylation sites (tertiary alicyclic amines) is 1. The van der Waals surface area contributed by atoms with E-state index in [2.05, 4.69) is 23.3 Å². The molecule has 1 spiro atoms. The molecule has 10 heteroatoms. The second-order valence-corrected chi connectivity index (χ2v) is 11.3. The zero-order valence-corrected chi connectivity index (χ0v) is 24.2. The SMILES string of the molecule is CCCCNc1ncc2c(=O)n(C3CCN(C(=O)OCc4ccccc4)CC3)cc(C3=CCC4(CC3)OCCO4)c2n1. The highest BCUT2D eigenvalue weighted by Gasteiger charge is 2.38. The Labute approximate surface area is 245 Å². The molecule has 2 aromatic heterocycles. The summed E-state index contributed by atoms with van der Waals surface area (Å²) in [5.41, 5.74) is 3.61.